The molecule has 0 radical (unpaired) electrons. The molecular formula is C19H17NO4. The van der Waals surface area contributed by atoms with Gasteiger partial charge in [-0.15, -0.1) is 0 Å². The summed E-state index contributed by atoms with van der Waals surface area (Å²) in [7, 11) is 0. The molecule has 122 valence electrons. The molecule has 0 aromatic heterocycles. The van der Waals surface area contributed by atoms with Crippen molar-refractivity contribution in [3.63, 3.8) is 0 Å². The van der Waals surface area contributed by atoms with Crippen LogP contribution in [0.1, 0.15) is 16.7 Å². The Morgan fingerprint density at radius 3 is 2.33 bits per heavy atom. The molecule has 2 unspecified atom stereocenters. The van der Waals surface area contributed by atoms with Crippen LogP contribution in [0.5, 0.6) is 5.75 Å². The zero-order valence-corrected chi connectivity index (χ0v) is 13.0. The molecule has 5 heteroatoms. The van der Waals surface area contributed by atoms with E-state index in [2.05, 4.69) is 0 Å². The van der Waals surface area contributed by atoms with E-state index < -0.39 is 18.1 Å². The van der Waals surface area contributed by atoms with Gasteiger partial charge in [-0.05, 0) is 22.8 Å². The number of hydrogen-bond donors (Lipinski definition) is 1. The van der Waals surface area contributed by atoms with Crippen LogP contribution in [0.15, 0.2) is 48.5 Å². The quantitative estimate of drug-likeness (QED) is 0.918. The third-order valence-electron chi connectivity index (χ3n) is 4.74. The third-order valence-corrected chi connectivity index (χ3v) is 4.74. The highest BCUT2D eigenvalue weighted by atomic mass is 16.5. The summed E-state index contributed by atoms with van der Waals surface area (Å²) < 4.78 is 5.75. The van der Waals surface area contributed by atoms with Crippen molar-refractivity contribution < 1.29 is 19.4 Å². The summed E-state index contributed by atoms with van der Waals surface area (Å²) in [5, 5.41) is 9.56. The van der Waals surface area contributed by atoms with Gasteiger partial charge in [0, 0.05) is 19.4 Å². The van der Waals surface area contributed by atoms with Crippen LogP contribution in [0.2, 0.25) is 0 Å². The third kappa shape index (κ3) is 2.42. The fraction of sp³-hybridized carbons (Fsp3) is 0.263. The zero-order valence-electron chi connectivity index (χ0n) is 13.0. The molecule has 2 aliphatic rings. The second-order valence-electron chi connectivity index (χ2n) is 6.21. The molecule has 2 aliphatic heterocycles. The van der Waals surface area contributed by atoms with Crippen molar-refractivity contribution in [1.29, 1.82) is 0 Å². The molecule has 1 N–H and O–H groups in total. The SMILES string of the molecule is O=C(O)C1Cc2ccccc2CN1C(=O)C1Cc2ccccc2O1. The number of fused-ring (bicyclic) bond motifs is 2. The predicted octanol–water partition coefficient (Wildman–Crippen LogP) is 2.03. The lowest BCUT2D eigenvalue weighted by Gasteiger charge is -2.35. The largest absolute Gasteiger partial charge is 0.480 e. The highest BCUT2D eigenvalue weighted by molar-refractivity contribution is 5.88. The maximum Gasteiger partial charge on any atom is 0.326 e. The molecule has 24 heavy (non-hydrogen) atoms. The van der Waals surface area contributed by atoms with E-state index in [-0.39, 0.29) is 5.91 Å². The first-order chi connectivity index (χ1) is 11.6. The standard InChI is InChI=1S/C19H17NO4/c21-18(17-10-13-6-3-4-8-16(13)24-17)20-11-14-7-2-1-5-12(14)9-15(20)19(22)23/h1-8,15,17H,9-11H2,(H,22,23). The monoisotopic (exact) mass is 323 g/mol. The van der Waals surface area contributed by atoms with Gasteiger partial charge in [0.25, 0.3) is 5.91 Å². The van der Waals surface area contributed by atoms with E-state index in [0.29, 0.717) is 25.1 Å². The van der Waals surface area contributed by atoms with Crippen molar-refractivity contribution in [2.24, 2.45) is 0 Å². The van der Waals surface area contributed by atoms with Gasteiger partial charge in [0.05, 0.1) is 0 Å². The Labute approximate surface area is 139 Å². The van der Waals surface area contributed by atoms with Gasteiger partial charge in [-0.1, -0.05) is 42.5 Å². The molecule has 1 amide bonds. The first-order valence-corrected chi connectivity index (χ1v) is 7.98. The Bertz CT molecular complexity index is 792. The van der Waals surface area contributed by atoms with Gasteiger partial charge < -0.3 is 14.7 Å². The molecule has 4 rings (SSSR count). The molecule has 2 aromatic carbocycles. The first kappa shape index (κ1) is 14.8. The molecule has 0 fully saturated rings. The Balaban J connectivity index is 1.60. The average Bonchev–Trinajstić information content (AvgIpc) is 3.04. The van der Waals surface area contributed by atoms with E-state index in [1.807, 2.05) is 48.5 Å². The van der Waals surface area contributed by atoms with Crippen LogP contribution in [-0.2, 0) is 29.0 Å². The Hall–Kier alpha value is -2.82. The molecule has 0 saturated heterocycles. The maximum absolute atomic E-state index is 12.9. The van der Waals surface area contributed by atoms with Gasteiger partial charge in [-0.2, -0.15) is 0 Å². The highest BCUT2D eigenvalue weighted by Gasteiger charge is 2.40. The van der Waals surface area contributed by atoms with Crippen LogP contribution < -0.4 is 4.74 Å². The predicted molar refractivity (Wildman–Crippen MR) is 86.7 cm³/mol. The molecule has 0 spiro atoms. The normalized spacial score (nSPS) is 21.6. The van der Waals surface area contributed by atoms with Crippen molar-refractivity contribution in [1.82, 2.24) is 4.90 Å². The Morgan fingerprint density at radius 1 is 0.958 bits per heavy atom. The lowest BCUT2D eigenvalue weighted by atomic mass is 9.93. The number of carbonyl (C=O) groups excluding carboxylic acids is 1. The fourth-order valence-electron chi connectivity index (χ4n) is 3.48. The van der Waals surface area contributed by atoms with Crippen LogP contribution in [-0.4, -0.2) is 34.0 Å². The van der Waals surface area contributed by atoms with Gasteiger partial charge in [0.1, 0.15) is 11.8 Å². The summed E-state index contributed by atoms with van der Waals surface area (Å²) in [4.78, 5) is 26.1. The van der Waals surface area contributed by atoms with Crippen molar-refractivity contribution in [3.05, 3.63) is 65.2 Å². The van der Waals surface area contributed by atoms with Crippen LogP contribution in [0.25, 0.3) is 0 Å². The molecule has 2 aromatic rings. The van der Waals surface area contributed by atoms with Crippen molar-refractivity contribution in [2.45, 2.75) is 31.5 Å². The Kier molecular flexibility index (Phi) is 3.49. The minimum Gasteiger partial charge on any atom is -0.480 e. The maximum atomic E-state index is 12.9. The van der Waals surface area contributed by atoms with Gasteiger partial charge in [0.15, 0.2) is 6.10 Å². The number of ether oxygens (including phenoxy) is 1. The lowest BCUT2D eigenvalue weighted by Crippen LogP contribution is -2.52. The highest BCUT2D eigenvalue weighted by Crippen LogP contribution is 2.31. The number of rotatable bonds is 2. The number of carboxylic acids is 1. The molecule has 0 aliphatic carbocycles. The van der Waals surface area contributed by atoms with E-state index in [9.17, 15) is 14.7 Å². The summed E-state index contributed by atoms with van der Waals surface area (Å²) in [6.45, 7) is 0.308. The number of para-hydroxylation sites is 1. The topological polar surface area (TPSA) is 66.8 Å². The van der Waals surface area contributed by atoms with Crippen LogP contribution in [0.3, 0.4) is 0 Å². The molecule has 5 nitrogen and oxygen atoms in total. The van der Waals surface area contributed by atoms with Gasteiger partial charge in [-0.3, -0.25) is 4.79 Å². The second-order valence-corrected chi connectivity index (χ2v) is 6.21. The summed E-state index contributed by atoms with van der Waals surface area (Å²) >= 11 is 0. The van der Waals surface area contributed by atoms with Crippen LogP contribution in [0.4, 0.5) is 0 Å². The van der Waals surface area contributed by atoms with E-state index >= 15 is 0 Å². The van der Waals surface area contributed by atoms with E-state index in [0.717, 1.165) is 16.7 Å². The van der Waals surface area contributed by atoms with E-state index in [1.165, 1.54) is 4.90 Å². The molecule has 0 bridgehead atoms. The minimum atomic E-state index is -0.978. The van der Waals surface area contributed by atoms with Gasteiger partial charge in [-0.25, -0.2) is 4.79 Å². The molecule has 2 heterocycles. The van der Waals surface area contributed by atoms with Gasteiger partial charge in [0.2, 0.25) is 0 Å². The summed E-state index contributed by atoms with van der Waals surface area (Å²) in [5.74, 6) is -0.526. The minimum absolute atomic E-state index is 0.256. The fourth-order valence-corrected chi connectivity index (χ4v) is 3.48. The Morgan fingerprint density at radius 2 is 1.62 bits per heavy atom. The van der Waals surface area contributed by atoms with Crippen LogP contribution >= 0.6 is 0 Å². The number of benzene rings is 2. The van der Waals surface area contributed by atoms with Crippen LogP contribution in [0, 0.1) is 0 Å². The first-order valence-electron chi connectivity index (χ1n) is 7.98. The number of hydrogen-bond acceptors (Lipinski definition) is 3. The van der Waals surface area contributed by atoms with Crippen molar-refractivity contribution in [3.8, 4) is 5.75 Å². The number of carbonyl (C=O) groups is 2. The average molecular weight is 323 g/mol. The number of carboxylic acid groups (broad SMARTS) is 1. The van der Waals surface area contributed by atoms with Crippen molar-refractivity contribution in [2.75, 3.05) is 0 Å². The van der Waals surface area contributed by atoms with E-state index in [4.69, 9.17) is 4.74 Å². The summed E-state index contributed by atoms with van der Waals surface area (Å²) in [5.41, 5.74) is 2.98. The molecule has 0 saturated carbocycles. The van der Waals surface area contributed by atoms with Gasteiger partial charge >= 0.3 is 5.97 Å². The lowest BCUT2D eigenvalue weighted by molar-refractivity contribution is -0.154. The smallest absolute Gasteiger partial charge is 0.326 e. The van der Waals surface area contributed by atoms with Crippen molar-refractivity contribution >= 4 is 11.9 Å². The number of amides is 1. The summed E-state index contributed by atoms with van der Waals surface area (Å²) in [6, 6.07) is 14.4. The van der Waals surface area contributed by atoms with E-state index in [1.54, 1.807) is 0 Å². The summed E-state index contributed by atoms with van der Waals surface area (Å²) in [6.07, 6.45) is 0.172. The molecular weight excluding hydrogens is 306 g/mol. The second kappa shape index (κ2) is 5.67. The molecule has 2 atom stereocenters. The number of nitrogens with zero attached hydrogens (tertiary/aromatic N) is 1. The zero-order chi connectivity index (χ0) is 16.7. The number of aliphatic carboxylic acids is 1.